The summed E-state index contributed by atoms with van der Waals surface area (Å²) in [6.45, 7) is 0. The maximum absolute atomic E-state index is 12.6. The first-order chi connectivity index (χ1) is 13.3. The Kier molecular flexibility index (Phi) is 6.26. The maximum Gasteiger partial charge on any atom is 0.311 e. The minimum Gasteiger partial charge on any atom is -0.502 e. The van der Waals surface area contributed by atoms with Gasteiger partial charge < -0.3 is 19.3 Å². The summed E-state index contributed by atoms with van der Waals surface area (Å²) in [5.74, 6) is -0.390. The lowest BCUT2D eigenvalue weighted by atomic mass is 10.2. The number of nitro benzene ring substituents is 1. The van der Waals surface area contributed by atoms with Gasteiger partial charge in [-0.25, -0.2) is 0 Å². The van der Waals surface area contributed by atoms with Gasteiger partial charge in [0.25, 0.3) is 10.0 Å². The summed E-state index contributed by atoms with van der Waals surface area (Å²) in [7, 11) is -0.214. The molecule has 0 amide bonds. The molecule has 2 aromatic rings. The van der Waals surface area contributed by atoms with Gasteiger partial charge in [-0.1, -0.05) is 6.07 Å². The number of hydrazone groups is 1. The molecule has 12 heteroatoms. The van der Waals surface area contributed by atoms with E-state index in [1.807, 2.05) is 4.83 Å². The summed E-state index contributed by atoms with van der Waals surface area (Å²) in [4.78, 5) is 11.7. The Hall–Kier alpha value is -3.54. The number of hydrogen-bond acceptors (Lipinski definition) is 9. The van der Waals surface area contributed by atoms with Crippen LogP contribution in [-0.4, -0.2) is 46.0 Å². The van der Waals surface area contributed by atoms with E-state index in [0.717, 1.165) is 12.3 Å². The number of hydrogen-bond donors (Lipinski definition) is 2. The molecule has 0 bridgehead atoms. The third kappa shape index (κ3) is 4.06. The third-order valence-corrected chi connectivity index (χ3v) is 4.82. The number of nitrogens with zero attached hydrogens (tertiary/aromatic N) is 2. The number of phenolic OH excluding ortho intramolecular Hbond substituents is 1. The smallest absolute Gasteiger partial charge is 0.311 e. The Balaban J connectivity index is 2.37. The normalized spacial score (nSPS) is 11.2. The van der Waals surface area contributed by atoms with Crippen LogP contribution in [0.4, 0.5) is 5.69 Å². The highest BCUT2D eigenvalue weighted by Gasteiger charge is 2.25. The van der Waals surface area contributed by atoms with E-state index in [0.29, 0.717) is 0 Å². The molecule has 0 radical (unpaired) electrons. The summed E-state index contributed by atoms with van der Waals surface area (Å²) in [5.41, 5.74) is -0.579. The van der Waals surface area contributed by atoms with Crippen LogP contribution in [0, 0.1) is 10.1 Å². The molecular formula is C16H17N3O8S. The molecule has 150 valence electrons. The first-order valence-corrected chi connectivity index (χ1v) is 9.05. The van der Waals surface area contributed by atoms with E-state index in [1.54, 1.807) is 0 Å². The van der Waals surface area contributed by atoms with Gasteiger partial charge in [0.2, 0.25) is 11.5 Å². The number of nitro groups is 1. The maximum atomic E-state index is 12.6. The van der Waals surface area contributed by atoms with Gasteiger partial charge in [-0.05, 0) is 18.2 Å². The predicted molar refractivity (Wildman–Crippen MR) is 98.8 cm³/mol. The molecule has 2 N–H and O–H groups in total. The van der Waals surface area contributed by atoms with Crippen molar-refractivity contribution in [1.29, 1.82) is 0 Å². The Labute approximate surface area is 160 Å². The first kappa shape index (κ1) is 20.8. The zero-order valence-electron chi connectivity index (χ0n) is 15.1. The van der Waals surface area contributed by atoms with Crippen LogP contribution in [0.1, 0.15) is 5.56 Å². The monoisotopic (exact) mass is 411 g/mol. The molecule has 0 spiro atoms. The second-order valence-corrected chi connectivity index (χ2v) is 6.79. The number of phenols is 1. The van der Waals surface area contributed by atoms with Crippen LogP contribution < -0.4 is 19.0 Å². The van der Waals surface area contributed by atoms with Crippen molar-refractivity contribution in [2.45, 2.75) is 4.90 Å². The molecule has 0 atom stereocenters. The lowest BCUT2D eigenvalue weighted by Gasteiger charge is -2.15. The van der Waals surface area contributed by atoms with E-state index in [9.17, 15) is 23.6 Å². The quantitative estimate of drug-likeness (QED) is 0.378. The van der Waals surface area contributed by atoms with Crippen molar-refractivity contribution in [3.8, 4) is 23.0 Å². The number of aromatic hydroxyl groups is 1. The van der Waals surface area contributed by atoms with Gasteiger partial charge in [-0.3, -0.25) is 10.1 Å². The summed E-state index contributed by atoms with van der Waals surface area (Å²) >= 11 is 0. The number of benzene rings is 2. The van der Waals surface area contributed by atoms with Gasteiger partial charge in [0.1, 0.15) is 4.90 Å². The lowest BCUT2D eigenvalue weighted by molar-refractivity contribution is -0.385. The van der Waals surface area contributed by atoms with Gasteiger partial charge in [-0.2, -0.15) is 18.4 Å². The van der Waals surface area contributed by atoms with E-state index in [1.165, 1.54) is 45.6 Å². The van der Waals surface area contributed by atoms with Gasteiger partial charge in [0.15, 0.2) is 11.5 Å². The van der Waals surface area contributed by atoms with Crippen molar-refractivity contribution in [3.05, 3.63) is 46.0 Å². The van der Waals surface area contributed by atoms with E-state index in [-0.39, 0.29) is 27.7 Å². The van der Waals surface area contributed by atoms with Gasteiger partial charge in [-0.15, -0.1) is 0 Å². The fraction of sp³-hybridized carbons (Fsp3) is 0.188. The van der Waals surface area contributed by atoms with Crippen molar-refractivity contribution < 1.29 is 32.7 Å². The van der Waals surface area contributed by atoms with Gasteiger partial charge >= 0.3 is 5.69 Å². The molecule has 0 heterocycles. The molecule has 11 nitrogen and oxygen atoms in total. The number of sulfonamides is 1. The number of ether oxygens (including phenoxy) is 3. The SMILES string of the molecule is COc1ccc(S(=O)(=O)N/N=C\c2cccc([N+](=O)[O-])c2O)c(OC)c1OC. The molecule has 0 fully saturated rings. The summed E-state index contributed by atoms with van der Waals surface area (Å²) in [6.07, 6.45) is 0.938. The molecular weight excluding hydrogens is 394 g/mol. The van der Waals surface area contributed by atoms with Crippen LogP contribution in [-0.2, 0) is 10.0 Å². The van der Waals surface area contributed by atoms with Crippen molar-refractivity contribution in [3.63, 3.8) is 0 Å². The summed E-state index contributed by atoms with van der Waals surface area (Å²) in [5, 5.41) is 24.2. The number of rotatable bonds is 8. The Morgan fingerprint density at radius 2 is 1.79 bits per heavy atom. The van der Waals surface area contributed by atoms with Crippen LogP contribution in [0.5, 0.6) is 23.0 Å². The van der Waals surface area contributed by atoms with Gasteiger partial charge in [0.05, 0.1) is 32.5 Å². The van der Waals surface area contributed by atoms with Crippen molar-refractivity contribution >= 4 is 21.9 Å². The number of nitrogens with one attached hydrogen (secondary N) is 1. The van der Waals surface area contributed by atoms with Crippen LogP contribution in [0.15, 0.2) is 40.3 Å². The highest BCUT2D eigenvalue weighted by molar-refractivity contribution is 7.89. The Bertz CT molecular complexity index is 1020. The number of methoxy groups -OCH3 is 3. The third-order valence-electron chi connectivity index (χ3n) is 3.58. The second-order valence-electron chi connectivity index (χ2n) is 5.16. The van der Waals surface area contributed by atoms with E-state index < -0.39 is 26.4 Å². The molecule has 0 aromatic heterocycles. The molecule has 0 aliphatic rings. The Morgan fingerprint density at radius 3 is 2.36 bits per heavy atom. The first-order valence-electron chi connectivity index (χ1n) is 7.57. The highest BCUT2D eigenvalue weighted by Crippen LogP contribution is 2.41. The van der Waals surface area contributed by atoms with Crippen LogP contribution in [0.2, 0.25) is 0 Å². The van der Waals surface area contributed by atoms with Crippen LogP contribution in [0.25, 0.3) is 0 Å². The molecule has 2 rings (SSSR count). The predicted octanol–water partition coefficient (Wildman–Crippen LogP) is 1.64. The van der Waals surface area contributed by atoms with E-state index >= 15 is 0 Å². The highest BCUT2D eigenvalue weighted by atomic mass is 32.2. The molecule has 0 aliphatic heterocycles. The topological polar surface area (TPSA) is 150 Å². The minimum atomic E-state index is -4.19. The van der Waals surface area contributed by atoms with E-state index in [4.69, 9.17) is 14.2 Å². The molecule has 2 aromatic carbocycles. The van der Waals surface area contributed by atoms with Crippen LogP contribution in [0.3, 0.4) is 0 Å². The van der Waals surface area contributed by atoms with E-state index in [2.05, 4.69) is 5.10 Å². The molecule has 0 aliphatic carbocycles. The fourth-order valence-corrected chi connectivity index (χ4v) is 3.26. The molecule has 0 unspecified atom stereocenters. The van der Waals surface area contributed by atoms with Crippen molar-refractivity contribution in [2.24, 2.45) is 5.10 Å². The fourth-order valence-electron chi connectivity index (χ4n) is 2.30. The zero-order chi connectivity index (χ0) is 20.9. The number of para-hydroxylation sites is 1. The second kappa shape index (κ2) is 8.43. The van der Waals surface area contributed by atoms with Gasteiger partial charge in [0, 0.05) is 11.6 Å². The lowest BCUT2D eigenvalue weighted by Crippen LogP contribution is -2.19. The van der Waals surface area contributed by atoms with Crippen molar-refractivity contribution in [2.75, 3.05) is 21.3 Å². The summed E-state index contributed by atoms with van der Waals surface area (Å²) in [6, 6.07) is 6.38. The standard InChI is InChI=1S/C16H17N3O8S/c1-25-12-7-8-13(16(27-3)15(12)26-2)28(23,24)18-17-9-10-5-4-6-11(14(10)20)19(21)22/h4-9,18,20H,1-3H3/b17-9-. The zero-order valence-corrected chi connectivity index (χ0v) is 15.9. The minimum absolute atomic E-state index is 0.0452. The average molecular weight is 411 g/mol. The van der Waals surface area contributed by atoms with Crippen LogP contribution >= 0.6 is 0 Å². The van der Waals surface area contributed by atoms with Crippen molar-refractivity contribution in [1.82, 2.24) is 4.83 Å². The summed E-state index contributed by atoms with van der Waals surface area (Å²) < 4.78 is 40.5. The Morgan fingerprint density at radius 1 is 1.11 bits per heavy atom. The average Bonchev–Trinajstić information content (AvgIpc) is 2.67. The molecule has 0 saturated carbocycles. The molecule has 28 heavy (non-hydrogen) atoms. The largest absolute Gasteiger partial charge is 0.502 e. The molecule has 0 saturated heterocycles.